The predicted molar refractivity (Wildman–Crippen MR) is 131 cm³/mol. The number of nitrogens with one attached hydrogen (secondary N) is 2. The van der Waals surface area contributed by atoms with Gasteiger partial charge in [0.2, 0.25) is 5.95 Å². The summed E-state index contributed by atoms with van der Waals surface area (Å²) in [7, 11) is 1.43. The molecular formula is C25H26N5O6-. The molecular weight excluding hydrogens is 466 g/mol. The topological polar surface area (TPSA) is 154 Å². The molecule has 2 aromatic heterocycles. The van der Waals surface area contributed by atoms with Gasteiger partial charge in [-0.05, 0) is 31.0 Å². The smallest absolute Gasteiger partial charge is 0.329 e. The van der Waals surface area contributed by atoms with Crippen LogP contribution in [0.15, 0.2) is 64.2 Å². The van der Waals surface area contributed by atoms with Gasteiger partial charge >= 0.3 is 5.69 Å². The zero-order valence-electron chi connectivity index (χ0n) is 19.8. The van der Waals surface area contributed by atoms with Gasteiger partial charge in [0.25, 0.3) is 5.56 Å². The minimum absolute atomic E-state index is 0.00350. The molecule has 11 nitrogen and oxygen atoms in total. The number of H-pyrrole nitrogens is 1. The molecule has 0 unspecified atom stereocenters. The number of carbonyl (C=O) groups is 1. The van der Waals surface area contributed by atoms with Crippen LogP contribution in [0.3, 0.4) is 0 Å². The van der Waals surface area contributed by atoms with Crippen molar-refractivity contribution in [1.82, 2.24) is 19.1 Å². The first kappa shape index (κ1) is 24.7. The van der Waals surface area contributed by atoms with Crippen molar-refractivity contribution in [1.29, 1.82) is 0 Å². The van der Waals surface area contributed by atoms with Gasteiger partial charge in [-0.1, -0.05) is 48.0 Å². The number of ether oxygens (including phenoxy) is 1. The largest absolute Gasteiger partial charge is 0.548 e. The van der Waals surface area contributed by atoms with Crippen molar-refractivity contribution in [3.05, 3.63) is 86.6 Å². The molecule has 0 aliphatic rings. The number of aryl methyl sites for hydroxylation is 2. The Bertz CT molecular complexity index is 1470. The van der Waals surface area contributed by atoms with Crippen molar-refractivity contribution in [2.75, 3.05) is 11.9 Å². The maximum Gasteiger partial charge on any atom is 0.329 e. The monoisotopic (exact) mass is 492 g/mol. The number of fused-ring (bicyclic) bond motifs is 1. The van der Waals surface area contributed by atoms with Crippen LogP contribution in [0.5, 0.6) is 5.75 Å². The van der Waals surface area contributed by atoms with Crippen molar-refractivity contribution in [2.24, 2.45) is 7.05 Å². The molecule has 4 rings (SSSR count). The van der Waals surface area contributed by atoms with E-state index in [0.29, 0.717) is 5.75 Å². The maximum atomic E-state index is 12.7. The Morgan fingerprint density at radius 2 is 1.86 bits per heavy atom. The number of benzene rings is 2. The summed E-state index contributed by atoms with van der Waals surface area (Å²) in [5.41, 5.74) is 0.464. The molecule has 36 heavy (non-hydrogen) atoms. The fourth-order valence-electron chi connectivity index (χ4n) is 3.81. The molecule has 0 saturated carbocycles. The predicted octanol–water partition coefficient (Wildman–Crippen LogP) is -0.0553. The number of rotatable bonds is 10. The second-order valence-corrected chi connectivity index (χ2v) is 8.52. The molecule has 0 radical (unpaired) electrons. The lowest BCUT2D eigenvalue weighted by Crippen LogP contribution is -2.43. The maximum absolute atomic E-state index is 12.7. The third kappa shape index (κ3) is 5.47. The highest BCUT2D eigenvalue weighted by Gasteiger charge is 2.22. The van der Waals surface area contributed by atoms with E-state index in [1.54, 1.807) is 36.4 Å². The van der Waals surface area contributed by atoms with Crippen LogP contribution in [0.4, 0.5) is 5.95 Å². The van der Waals surface area contributed by atoms with Crippen LogP contribution >= 0.6 is 0 Å². The van der Waals surface area contributed by atoms with E-state index >= 15 is 0 Å². The third-order valence-electron chi connectivity index (χ3n) is 5.73. The average Bonchev–Trinajstić information content (AvgIpc) is 3.20. The molecule has 0 aliphatic heterocycles. The van der Waals surface area contributed by atoms with Gasteiger partial charge in [0, 0.05) is 7.05 Å². The van der Waals surface area contributed by atoms with E-state index in [4.69, 9.17) is 4.74 Å². The van der Waals surface area contributed by atoms with E-state index in [1.165, 1.54) is 11.6 Å². The van der Waals surface area contributed by atoms with Gasteiger partial charge < -0.3 is 29.6 Å². The number of aliphatic hydroxyl groups is 1. The number of imidazole rings is 1. The fraction of sp³-hybridized carbons (Fsp3) is 0.280. The average molecular weight is 493 g/mol. The number of nitrogens with zero attached hydrogens (tertiary/aromatic N) is 3. The molecule has 0 aliphatic carbocycles. The number of carbonyl (C=O) groups excluding carboxylic acids is 1. The Hall–Kier alpha value is -4.38. The normalized spacial score (nSPS) is 12.9. The van der Waals surface area contributed by atoms with Crippen molar-refractivity contribution in [3.8, 4) is 5.75 Å². The standard InChI is InChI=1S/C25H27N5O6/c1-15-8-10-18(11-9-15)36-14-17(31)13-30-20-21(29(2)25(35)28-22(20)32)27-24(30)26-19(23(33)34)12-16-6-4-3-5-7-16/h3-11,17,19,31H,12-14H2,1-2H3,(H,26,27)(H,33,34)(H,28,32,35)/p-1/t17-,19-/m0/s1. The lowest BCUT2D eigenvalue weighted by molar-refractivity contribution is -0.306. The molecule has 0 spiro atoms. The van der Waals surface area contributed by atoms with Gasteiger partial charge in [-0.2, -0.15) is 4.98 Å². The molecule has 0 bridgehead atoms. The number of hydrogen-bond acceptors (Lipinski definition) is 8. The fourth-order valence-corrected chi connectivity index (χ4v) is 3.81. The Labute approximate surface area is 205 Å². The summed E-state index contributed by atoms with van der Waals surface area (Å²) in [4.78, 5) is 43.3. The van der Waals surface area contributed by atoms with E-state index < -0.39 is 29.4 Å². The molecule has 2 heterocycles. The quantitative estimate of drug-likeness (QED) is 0.278. The van der Waals surface area contributed by atoms with Crippen LogP contribution in [0.25, 0.3) is 11.2 Å². The van der Waals surface area contributed by atoms with Gasteiger partial charge in [0.05, 0.1) is 18.6 Å². The number of anilines is 1. The van der Waals surface area contributed by atoms with Gasteiger partial charge in [0.1, 0.15) is 18.5 Å². The lowest BCUT2D eigenvalue weighted by atomic mass is 10.1. The first-order valence-corrected chi connectivity index (χ1v) is 11.3. The van der Waals surface area contributed by atoms with E-state index in [1.807, 2.05) is 25.1 Å². The van der Waals surface area contributed by atoms with Crippen LogP contribution in [0.2, 0.25) is 0 Å². The summed E-state index contributed by atoms with van der Waals surface area (Å²) in [5.74, 6) is -0.812. The van der Waals surface area contributed by atoms with Gasteiger partial charge in [-0.25, -0.2) is 4.79 Å². The first-order valence-electron chi connectivity index (χ1n) is 11.3. The zero-order valence-corrected chi connectivity index (χ0v) is 19.8. The van der Waals surface area contributed by atoms with E-state index in [9.17, 15) is 24.6 Å². The Morgan fingerprint density at radius 3 is 2.53 bits per heavy atom. The molecule has 188 valence electrons. The molecule has 2 atom stereocenters. The highest BCUT2D eigenvalue weighted by molar-refractivity contribution is 5.78. The molecule has 11 heteroatoms. The van der Waals surface area contributed by atoms with Crippen LogP contribution < -0.4 is 26.4 Å². The number of carboxylic acid groups (broad SMARTS) is 1. The summed E-state index contributed by atoms with van der Waals surface area (Å²) in [5, 5.41) is 25.4. The number of aromatic nitrogens is 4. The minimum atomic E-state index is -1.37. The van der Waals surface area contributed by atoms with Crippen LogP contribution in [0.1, 0.15) is 11.1 Å². The van der Waals surface area contributed by atoms with Gasteiger partial charge in [-0.15, -0.1) is 0 Å². The SMILES string of the molecule is Cc1ccc(OC[C@@H](O)Cn2c(N[C@@H](Cc3ccccc3)C(=O)[O-])nc3c2c(=O)[nH]c(=O)n3C)cc1. The number of hydrogen-bond donors (Lipinski definition) is 3. The highest BCUT2D eigenvalue weighted by Crippen LogP contribution is 2.19. The van der Waals surface area contributed by atoms with Crippen molar-refractivity contribution in [2.45, 2.75) is 32.0 Å². The number of aliphatic carboxylic acids is 1. The summed E-state index contributed by atoms with van der Waals surface area (Å²) < 4.78 is 8.13. The zero-order chi connectivity index (χ0) is 25.8. The van der Waals surface area contributed by atoms with Crippen molar-refractivity contribution < 1.29 is 19.7 Å². The Kier molecular flexibility index (Phi) is 7.20. The molecule has 0 saturated heterocycles. The Balaban J connectivity index is 1.66. The molecule has 3 N–H and O–H groups in total. The first-order chi connectivity index (χ1) is 17.2. The van der Waals surface area contributed by atoms with Gasteiger partial charge in [-0.3, -0.25) is 14.3 Å². The second kappa shape index (κ2) is 10.5. The van der Waals surface area contributed by atoms with Crippen molar-refractivity contribution in [3.63, 3.8) is 0 Å². The van der Waals surface area contributed by atoms with Crippen molar-refractivity contribution >= 4 is 23.1 Å². The van der Waals surface area contributed by atoms with Crippen LogP contribution in [-0.4, -0.2) is 48.9 Å². The molecule has 0 amide bonds. The number of carboxylic acids is 1. The molecule has 4 aromatic rings. The summed E-state index contributed by atoms with van der Waals surface area (Å²) >= 11 is 0. The van der Waals surface area contributed by atoms with Crippen LogP contribution in [0, 0.1) is 6.92 Å². The number of aliphatic hydroxyl groups excluding tert-OH is 1. The summed E-state index contributed by atoms with van der Waals surface area (Å²) in [6.45, 7) is 1.69. The minimum Gasteiger partial charge on any atom is -0.548 e. The van der Waals surface area contributed by atoms with Gasteiger partial charge in [0.15, 0.2) is 11.2 Å². The highest BCUT2D eigenvalue weighted by atomic mass is 16.5. The second-order valence-electron chi connectivity index (χ2n) is 8.52. The molecule has 2 aromatic carbocycles. The summed E-state index contributed by atoms with van der Waals surface area (Å²) in [6.07, 6.45) is -1.00. The van der Waals surface area contributed by atoms with Crippen LogP contribution in [-0.2, 0) is 24.8 Å². The third-order valence-corrected chi connectivity index (χ3v) is 5.73. The van der Waals surface area contributed by atoms with E-state index in [-0.39, 0.29) is 36.7 Å². The number of aromatic amines is 1. The van der Waals surface area contributed by atoms with E-state index in [0.717, 1.165) is 15.7 Å². The Morgan fingerprint density at radius 1 is 1.17 bits per heavy atom. The summed E-state index contributed by atoms with van der Waals surface area (Å²) in [6, 6.07) is 15.1. The molecule has 0 fully saturated rings. The lowest BCUT2D eigenvalue weighted by Gasteiger charge is -2.22. The van der Waals surface area contributed by atoms with E-state index in [2.05, 4.69) is 15.3 Å².